The fourth-order valence-electron chi connectivity index (χ4n) is 2.75. The van der Waals surface area contributed by atoms with Crippen molar-refractivity contribution in [3.63, 3.8) is 0 Å². The van der Waals surface area contributed by atoms with Crippen molar-refractivity contribution in [1.82, 2.24) is 4.90 Å². The summed E-state index contributed by atoms with van der Waals surface area (Å²) in [7, 11) is -1.80. The molecule has 2 rings (SSSR count). The highest BCUT2D eigenvalue weighted by Gasteiger charge is 2.21. The van der Waals surface area contributed by atoms with Gasteiger partial charge in [-0.2, -0.15) is 0 Å². The maximum absolute atomic E-state index is 12.9. The molecule has 2 aromatic rings. The van der Waals surface area contributed by atoms with Gasteiger partial charge in [0, 0.05) is 25.2 Å². The Labute approximate surface area is 174 Å². The van der Waals surface area contributed by atoms with Crippen LogP contribution in [0.1, 0.15) is 36.2 Å². The Morgan fingerprint density at radius 2 is 1.61 bits per heavy atom. The highest BCUT2D eigenvalue weighted by Crippen LogP contribution is 2.20. The number of halogens is 1. The summed E-state index contributed by atoms with van der Waals surface area (Å²) in [6, 6.07) is 15.2. The van der Waals surface area contributed by atoms with Crippen molar-refractivity contribution < 1.29 is 13.2 Å². The molecule has 1 atom stereocenters. The van der Waals surface area contributed by atoms with E-state index in [0.29, 0.717) is 30.0 Å². The lowest BCUT2D eigenvalue weighted by Gasteiger charge is -2.22. The molecule has 28 heavy (non-hydrogen) atoms. The van der Waals surface area contributed by atoms with Crippen LogP contribution in [0.5, 0.6) is 0 Å². The minimum atomic E-state index is -3.52. The van der Waals surface area contributed by atoms with Crippen LogP contribution in [0.15, 0.2) is 59.5 Å². The van der Waals surface area contributed by atoms with Gasteiger partial charge in [0.15, 0.2) is 9.84 Å². The topological polar surface area (TPSA) is 80.5 Å². The molecule has 2 aromatic carbocycles. The number of hydrogen-bond donors (Lipinski definition) is 1. The molecule has 1 amide bonds. The van der Waals surface area contributed by atoms with Gasteiger partial charge in [-0.1, -0.05) is 50.2 Å². The maximum Gasteiger partial charge on any atom is 0.253 e. The Bertz CT molecular complexity index is 870. The van der Waals surface area contributed by atoms with Crippen LogP contribution >= 0.6 is 12.4 Å². The van der Waals surface area contributed by atoms with Crippen molar-refractivity contribution in [1.29, 1.82) is 0 Å². The van der Waals surface area contributed by atoms with Crippen molar-refractivity contribution in [3.8, 4) is 0 Å². The first kappa shape index (κ1) is 24.1. The molecule has 0 aliphatic carbocycles. The number of hydrogen-bond acceptors (Lipinski definition) is 4. The van der Waals surface area contributed by atoms with Gasteiger partial charge in [0.2, 0.25) is 0 Å². The highest BCUT2D eigenvalue weighted by atomic mass is 35.5. The quantitative estimate of drug-likeness (QED) is 0.702. The van der Waals surface area contributed by atoms with Gasteiger partial charge >= 0.3 is 0 Å². The normalized spacial score (nSPS) is 12.3. The van der Waals surface area contributed by atoms with Crippen molar-refractivity contribution >= 4 is 28.2 Å². The van der Waals surface area contributed by atoms with Crippen LogP contribution in [0, 0.1) is 5.92 Å². The van der Waals surface area contributed by atoms with E-state index >= 15 is 0 Å². The number of amides is 1. The molecule has 0 heterocycles. The second kappa shape index (κ2) is 10.6. The molecule has 154 valence electrons. The molecule has 0 bridgehead atoms. The maximum atomic E-state index is 12.9. The molecule has 2 N–H and O–H groups in total. The van der Waals surface area contributed by atoms with E-state index in [1.807, 2.05) is 0 Å². The van der Waals surface area contributed by atoms with E-state index in [4.69, 9.17) is 5.73 Å². The van der Waals surface area contributed by atoms with E-state index < -0.39 is 9.84 Å². The first-order chi connectivity index (χ1) is 12.7. The van der Waals surface area contributed by atoms with Crippen molar-refractivity contribution in [2.24, 2.45) is 11.7 Å². The van der Waals surface area contributed by atoms with Crippen LogP contribution in [-0.2, 0) is 15.6 Å². The van der Waals surface area contributed by atoms with Crippen molar-refractivity contribution in [2.45, 2.75) is 37.0 Å². The monoisotopic (exact) mass is 424 g/mol. The number of benzene rings is 2. The summed E-state index contributed by atoms with van der Waals surface area (Å²) in [5.74, 6) is -0.0558. The van der Waals surface area contributed by atoms with E-state index in [-0.39, 0.29) is 35.0 Å². The average molecular weight is 425 g/mol. The number of sulfone groups is 1. The summed E-state index contributed by atoms with van der Waals surface area (Å²) in [5, 5.41) is 0. The van der Waals surface area contributed by atoms with Crippen LogP contribution in [0.4, 0.5) is 0 Å². The zero-order valence-electron chi connectivity index (χ0n) is 16.5. The number of carbonyl (C=O) groups is 1. The number of nitrogens with zero attached hydrogens (tertiary/aromatic N) is 1. The van der Waals surface area contributed by atoms with Crippen LogP contribution in [0.3, 0.4) is 0 Å². The van der Waals surface area contributed by atoms with E-state index in [2.05, 4.69) is 13.8 Å². The third-order valence-electron chi connectivity index (χ3n) is 4.70. The predicted octanol–water partition coefficient (Wildman–Crippen LogP) is 3.53. The lowest BCUT2D eigenvalue weighted by atomic mass is 10.0. The van der Waals surface area contributed by atoms with Gasteiger partial charge in [-0.05, 0) is 36.1 Å². The zero-order chi connectivity index (χ0) is 20.0. The lowest BCUT2D eigenvalue weighted by molar-refractivity contribution is 0.0788. The van der Waals surface area contributed by atoms with Gasteiger partial charge in [-0.25, -0.2) is 8.42 Å². The molecule has 0 aliphatic rings. The predicted molar refractivity (Wildman–Crippen MR) is 115 cm³/mol. The third-order valence-corrected chi connectivity index (χ3v) is 6.38. The van der Waals surface area contributed by atoms with Crippen LogP contribution < -0.4 is 5.73 Å². The van der Waals surface area contributed by atoms with Crippen molar-refractivity contribution in [3.05, 3.63) is 65.7 Å². The largest absolute Gasteiger partial charge is 0.342 e. The Kier molecular flexibility index (Phi) is 9.14. The molecule has 0 fully saturated rings. The van der Waals surface area contributed by atoms with E-state index in [1.165, 1.54) is 0 Å². The number of carbonyl (C=O) groups excluding carboxylic acids is 1. The summed E-state index contributed by atoms with van der Waals surface area (Å²) in [6.45, 7) is 4.63. The minimum absolute atomic E-state index is 0. The molecule has 7 heteroatoms. The molecule has 1 unspecified atom stereocenters. The Hall–Kier alpha value is -1.89. The van der Waals surface area contributed by atoms with E-state index in [9.17, 15) is 13.2 Å². The van der Waals surface area contributed by atoms with Gasteiger partial charge in [-0.3, -0.25) is 4.79 Å². The standard InChI is InChI=1S/C21H28N2O3S.ClH/c1-16(2)20(22)13-14-23(3)21(24)19-12-8-7-9-17(19)15-27(25,26)18-10-5-4-6-11-18;/h4-12,16,20H,13-15,22H2,1-3H3;1H. The van der Waals surface area contributed by atoms with E-state index in [1.54, 1.807) is 66.5 Å². The van der Waals surface area contributed by atoms with Crippen molar-refractivity contribution in [2.75, 3.05) is 13.6 Å². The molecular formula is C21H29ClN2O3S. The lowest BCUT2D eigenvalue weighted by Crippen LogP contribution is -2.35. The van der Waals surface area contributed by atoms with E-state index in [0.717, 1.165) is 0 Å². The smallest absolute Gasteiger partial charge is 0.253 e. The number of rotatable bonds is 8. The Balaban J connectivity index is 0.00000392. The summed E-state index contributed by atoms with van der Waals surface area (Å²) < 4.78 is 25.4. The first-order valence-corrected chi connectivity index (χ1v) is 10.7. The fourth-order valence-corrected chi connectivity index (χ4v) is 4.15. The van der Waals surface area contributed by atoms with Gasteiger partial charge in [0.05, 0.1) is 10.6 Å². The summed E-state index contributed by atoms with van der Waals surface area (Å²) in [6.07, 6.45) is 0.699. The minimum Gasteiger partial charge on any atom is -0.342 e. The summed E-state index contributed by atoms with van der Waals surface area (Å²) in [5.41, 5.74) is 6.98. The summed E-state index contributed by atoms with van der Waals surface area (Å²) in [4.78, 5) is 14.7. The van der Waals surface area contributed by atoms with Crippen LogP contribution in [-0.4, -0.2) is 38.9 Å². The molecule has 0 radical (unpaired) electrons. The van der Waals surface area contributed by atoms with Gasteiger partial charge < -0.3 is 10.6 Å². The Morgan fingerprint density at radius 3 is 2.21 bits per heavy atom. The molecular weight excluding hydrogens is 396 g/mol. The molecule has 5 nitrogen and oxygen atoms in total. The SMILES string of the molecule is CC(C)C(N)CCN(C)C(=O)c1ccccc1CS(=O)(=O)c1ccccc1.Cl. The van der Waals surface area contributed by atoms with Gasteiger partial charge in [0.25, 0.3) is 5.91 Å². The average Bonchev–Trinajstić information content (AvgIpc) is 2.66. The second-order valence-corrected chi connectivity index (χ2v) is 9.14. The fraction of sp³-hybridized carbons (Fsp3) is 0.381. The molecule has 0 saturated carbocycles. The molecule has 0 aliphatic heterocycles. The first-order valence-electron chi connectivity index (χ1n) is 9.09. The molecule has 0 saturated heterocycles. The highest BCUT2D eigenvalue weighted by molar-refractivity contribution is 7.90. The molecule has 0 spiro atoms. The molecule has 0 aromatic heterocycles. The summed E-state index contributed by atoms with van der Waals surface area (Å²) >= 11 is 0. The zero-order valence-corrected chi connectivity index (χ0v) is 18.2. The third kappa shape index (κ3) is 6.33. The number of nitrogens with two attached hydrogens (primary N) is 1. The van der Waals surface area contributed by atoms with Crippen LogP contribution in [0.25, 0.3) is 0 Å². The van der Waals surface area contributed by atoms with Gasteiger partial charge in [0.1, 0.15) is 0 Å². The van der Waals surface area contributed by atoms with Gasteiger partial charge in [-0.15, -0.1) is 12.4 Å². The Morgan fingerprint density at radius 1 is 1.04 bits per heavy atom. The van der Waals surface area contributed by atoms with Crippen LogP contribution in [0.2, 0.25) is 0 Å². The second-order valence-electron chi connectivity index (χ2n) is 7.15.